The predicted octanol–water partition coefficient (Wildman–Crippen LogP) is 0.917. The molecule has 2 rings (SSSR count). The number of nitrogens with zero attached hydrogens (tertiary/aromatic N) is 4. The zero-order valence-corrected chi connectivity index (χ0v) is 23.1. The summed E-state index contributed by atoms with van der Waals surface area (Å²) < 4.78 is 21.4. The van der Waals surface area contributed by atoms with Crippen molar-refractivity contribution >= 4 is 35.1 Å². The lowest BCUT2D eigenvalue weighted by Gasteiger charge is -2.31. The number of rotatable bonds is 18. The molecule has 14 heteroatoms. The number of hydrogen-bond acceptors (Lipinski definition) is 11. The largest absolute Gasteiger partial charge is 0.382 e. The third-order valence-electron chi connectivity index (χ3n) is 6.10. The van der Waals surface area contributed by atoms with E-state index in [2.05, 4.69) is 25.2 Å². The van der Waals surface area contributed by atoms with Crippen LogP contribution in [0.5, 0.6) is 0 Å². The van der Waals surface area contributed by atoms with Gasteiger partial charge < -0.3 is 41.0 Å². The van der Waals surface area contributed by atoms with E-state index >= 15 is 0 Å². The first-order valence-corrected chi connectivity index (χ1v) is 13.4. The van der Waals surface area contributed by atoms with E-state index in [-0.39, 0.29) is 28.4 Å². The van der Waals surface area contributed by atoms with Gasteiger partial charge in [-0.3, -0.25) is 15.1 Å². The van der Waals surface area contributed by atoms with Crippen molar-refractivity contribution in [1.82, 2.24) is 20.2 Å². The molecule has 1 saturated heterocycles. The zero-order valence-electron chi connectivity index (χ0n) is 22.3. The molecule has 0 radical (unpaired) electrons. The number of nitrogens with one attached hydrogen (secondary N) is 1. The monoisotopic (exact) mass is 558 g/mol. The van der Waals surface area contributed by atoms with Crippen LogP contribution in [0.2, 0.25) is 5.15 Å². The fourth-order valence-corrected chi connectivity index (χ4v) is 4.07. The Kier molecular flexibility index (Phi) is 15.9. The minimum atomic E-state index is -0.636. The molecule has 0 saturated carbocycles. The lowest BCUT2D eigenvalue weighted by atomic mass is 9.91. The van der Waals surface area contributed by atoms with Crippen LogP contribution >= 0.6 is 11.6 Å². The first-order chi connectivity index (χ1) is 18.4. The number of piperidine rings is 1. The number of ether oxygens (including phenoxy) is 4. The van der Waals surface area contributed by atoms with E-state index in [1.807, 2.05) is 0 Å². The topological polar surface area (TPSA) is 185 Å². The molecular weight excluding hydrogens is 516 g/mol. The Balaban J connectivity index is 1.46. The number of anilines is 2. The van der Waals surface area contributed by atoms with Crippen molar-refractivity contribution in [1.29, 1.82) is 0 Å². The maximum atomic E-state index is 12.3. The summed E-state index contributed by atoms with van der Waals surface area (Å²) in [6.45, 7) is 7.92. The summed E-state index contributed by atoms with van der Waals surface area (Å²) in [5.41, 5.74) is 16.9. The van der Waals surface area contributed by atoms with Crippen LogP contribution in [-0.4, -0.2) is 106 Å². The zero-order chi connectivity index (χ0) is 27.6. The number of guanidine groups is 1. The Morgan fingerprint density at radius 1 is 1.00 bits per heavy atom. The Morgan fingerprint density at radius 3 is 2.29 bits per heavy atom. The highest BCUT2D eigenvalue weighted by molar-refractivity contribution is 6.31. The smallest absolute Gasteiger partial charge is 0.280 e. The van der Waals surface area contributed by atoms with E-state index in [0.29, 0.717) is 46.2 Å². The van der Waals surface area contributed by atoms with Crippen LogP contribution in [0.15, 0.2) is 4.99 Å². The van der Waals surface area contributed by atoms with Crippen LogP contribution in [0.1, 0.15) is 42.6 Å². The molecule has 7 N–H and O–H groups in total. The van der Waals surface area contributed by atoms with Gasteiger partial charge in [-0.15, -0.1) is 0 Å². The summed E-state index contributed by atoms with van der Waals surface area (Å²) in [6.07, 6.45) is 5.50. The van der Waals surface area contributed by atoms with Crippen molar-refractivity contribution in [3.63, 3.8) is 0 Å². The highest BCUT2D eigenvalue weighted by Crippen LogP contribution is 2.22. The van der Waals surface area contributed by atoms with E-state index in [9.17, 15) is 4.79 Å². The number of methoxy groups -OCH3 is 1. The Morgan fingerprint density at radius 2 is 1.63 bits per heavy atom. The first-order valence-electron chi connectivity index (χ1n) is 13.0. The van der Waals surface area contributed by atoms with E-state index in [1.165, 1.54) is 12.8 Å². The van der Waals surface area contributed by atoms with E-state index in [4.69, 9.17) is 47.7 Å². The van der Waals surface area contributed by atoms with Gasteiger partial charge in [0.1, 0.15) is 0 Å². The summed E-state index contributed by atoms with van der Waals surface area (Å²) in [4.78, 5) is 26.5. The van der Waals surface area contributed by atoms with E-state index in [0.717, 1.165) is 51.4 Å². The third kappa shape index (κ3) is 13.0. The molecule has 1 fully saturated rings. The van der Waals surface area contributed by atoms with Gasteiger partial charge in [0.15, 0.2) is 28.4 Å². The maximum Gasteiger partial charge on any atom is 0.280 e. The van der Waals surface area contributed by atoms with Crippen LogP contribution in [-0.2, 0) is 18.9 Å². The van der Waals surface area contributed by atoms with Gasteiger partial charge in [0, 0.05) is 20.2 Å². The van der Waals surface area contributed by atoms with Crippen molar-refractivity contribution in [2.75, 3.05) is 91.0 Å². The number of unbranched alkanes of at least 4 members (excludes halogenated alkanes) is 1. The van der Waals surface area contributed by atoms with Crippen molar-refractivity contribution in [2.24, 2.45) is 16.6 Å². The molecule has 216 valence electrons. The molecule has 0 spiro atoms. The summed E-state index contributed by atoms with van der Waals surface area (Å²) in [5, 5.41) is 2.35. The van der Waals surface area contributed by atoms with E-state index < -0.39 is 5.91 Å². The Bertz CT molecular complexity index is 855. The molecule has 0 bridgehead atoms. The lowest BCUT2D eigenvalue weighted by Crippen LogP contribution is -2.38. The van der Waals surface area contributed by atoms with Crippen molar-refractivity contribution in [3.05, 3.63) is 10.8 Å². The molecule has 1 amide bonds. The summed E-state index contributed by atoms with van der Waals surface area (Å²) in [7, 11) is 1.65. The SMILES string of the molecule is COCCOCCOCCOCCN1CCC(CCCCN=C(N)NC(=O)c2nc(Cl)c(N)nc2N)CC1. The minimum absolute atomic E-state index is 0.00167. The fourth-order valence-electron chi connectivity index (χ4n) is 3.94. The molecule has 13 nitrogen and oxygen atoms in total. The average Bonchev–Trinajstić information content (AvgIpc) is 2.90. The number of halogens is 1. The van der Waals surface area contributed by atoms with Crippen LogP contribution < -0.4 is 22.5 Å². The van der Waals surface area contributed by atoms with Crippen LogP contribution in [0.4, 0.5) is 11.6 Å². The van der Waals surface area contributed by atoms with Crippen molar-refractivity contribution < 1.29 is 23.7 Å². The van der Waals surface area contributed by atoms with Crippen molar-refractivity contribution in [2.45, 2.75) is 32.1 Å². The molecule has 0 aliphatic carbocycles. The number of aromatic nitrogens is 2. The summed E-state index contributed by atoms with van der Waals surface area (Å²) in [5.74, 6) is -0.0847. The number of nitrogens with two attached hydrogens (primary N) is 3. The third-order valence-corrected chi connectivity index (χ3v) is 6.38. The second kappa shape index (κ2) is 18.9. The van der Waals surface area contributed by atoms with Gasteiger partial charge in [-0.05, 0) is 38.3 Å². The van der Waals surface area contributed by atoms with Gasteiger partial charge >= 0.3 is 0 Å². The molecule has 1 aromatic rings. The molecule has 0 unspecified atom stereocenters. The highest BCUT2D eigenvalue weighted by Gasteiger charge is 2.19. The summed E-state index contributed by atoms with van der Waals surface area (Å²) in [6, 6.07) is 0. The average molecular weight is 559 g/mol. The minimum Gasteiger partial charge on any atom is -0.382 e. The number of carbonyl (C=O) groups excluding carboxylic acids is 1. The van der Waals surface area contributed by atoms with Crippen LogP contribution in [0.3, 0.4) is 0 Å². The molecule has 0 aromatic carbocycles. The maximum absolute atomic E-state index is 12.3. The second-order valence-corrected chi connectivity index (χ2v) is 9.32. The Hall–Kier alpha value is -2.29. The number of nitrogen functional groups attached to an aromatic ring is 2. The highest BCUT2D eigenvalue weighted by atomic mass is 35.5. The van der Waals surface area contributed by atoms with Crippen LogP contribution in [0.25, 0.3) is 0 Å². The molecule has 38 heavy (non-hydrogen) atoms. The fraction of sp³-hybridized carbons (Fsp3) is 0.750. The van der Waals surface area contributed by atoms with Gasteiger partial charge in [-0.25, -0.2) is 9.97 Å². The molecule has 0 atom stereocenters. The van der Waals surface area contributed by atoms with Gasteiger partial charge in [-0.2, -0.15) is 0 Å². The second-order valence-electron chi connectivity index (χ2n) is 8.97. The van der Waals surface area contributed by atoms with Gasteiger partial charge in [0.05, 0.1) is 46.2 Å². The van der Waals surface area contributed by atoms with Gasteiger partial charge in [0.2, 0.25) is 0 Å². The van der Waals surface area contributed by atoms with Crippen LogP contribution in [0, 0.1) is 5.92 Å². The molecule has 1 aromatic heterocycles. The molecule has 1 aliphatic heterocycles. The number of hydrogen-bond donors (Lipinski definition) is 4. The summed E-state index contributed by atoms with van der Waals surface area (Å²) >= 11 is 5.80. The molecular formula is C24H43ClN8O5. The normalized spacial score (nSPS) is 15.2. The van der Waals surface area contributed by atoms with Gasteiger partial charge in [0.25, 0.3) is 5.91 Å². The Labute approximate surface area is 229 Å². The van der Waals surface area contributed by atoms with E-state index in [1.54, 1.807) is 7.11 Å². The first kappa shape index (κ1) is 31.9. The number of aliphatic imine (C=N–C) groups is 1. The molecule has 2 heterocycles. The molecule has 1 aliphatic rings. The van der Waals surface area contributed by atoms with Gasteiger partial charge in [-0.1, -0.05) is 24.4 Å². The van der Waals surface area contributed by atoms with Crippen molar-refractivity contribution in [3.8, 4) is 0 Å². The number of likely N-dealkylation sites (tertiary alicyclic amines) is 1. The number of amides is 1. The number of carbonyl (C=O) groups is 1. The standard InChI is InChI=1S/C24H43ClN8O5/c1-35-12-13-37-16-17-38-15-14-36-11-10-33-8-5-18(6-9-33)4-2-3-7-29-24(28)32-23(34)19-21(26)31-22(27)20(25)30-19/h18H,2-17H2,1H3,(H4,26,27,31)(H3,28,29,32,34). The lowest BCUT2D eigenvalue weighted by molar-refractivity contribution is -0.0000472. The quantitative estimate of drug-likeness (QED) is 0.114. The predicted molar refractivity (Wildman–Crippen MR) is 147 cm³/mol.